The molecule has 1 aromatic carbocycles. The maximum atomic E-state index is 11.3. The van der Waals surface area contributed by atoms with Crippen LogP contribution in [0.5, 0.6) is 11.5 Å². The molecule has 0 aliphatic rings. The van der Waals surface area contributed by atoms with Gasteiger partial charge in [0, 0.05) is 5.56 Å². The van der Waals surface area contributed by atoms with Gasteiger partial charge in [-0.25, -0.2) is 0 Å². The molecule has 1 rings (SSSR count). The van der Waals surface area contributed by atoms with E-state index in [1.165, 1.54) is 26.4 Å². The van der Waals surface area contributed by atoms with E-state index in [1.807, 2.05) is 6.07 Å². The molecule has 0 heterocycles. The summed E-state index contributed by atoms with van der Waals surface area (Å²) in [4.78, 5) is 11.3. The van der Waals surface area contributed by atoms with Gasteiger partial charge < -0.3 is 20.3 Å². The number of aromatic hydroxyl groups is 1. The molecular weight excluding hydrogens is 224 g/mol. The van der Waals surface area contributed by atoms with Crippen LogP contribution < -0.4 is 10.5 Å². The molecule has 0 spiro atoms. The van der Waals surface area contributed by atoms with Gasteiger partial charge in [-0.3, -0.25) is 4.79 Å². The van der Waals surface area contributed by atoms with Crippen LogP contribution >= 0.6 is 0 Å². The van der Waals surface area contributed by atoms with Crippen molar-refractivity contribution in [2.24, 2.45) is 5.73 Å². The Labute approximate surface area is 98.2 Å². The lowest BCUT2D eigenvalue weighted by Crippen LogP contribution is -2.23. The van der Waals surface area contributed by atoms with Crippen LogP contribution in [-0.2, 0) is 9.53 Å². The number of methoxy groups -OCH3 is 2. The molecule has 6 heteroatoms. The van der Waals surface area contributed by atoms with Gasteiger partial charge >= 0.3 is 5.97 Å². The molecular formula is C11H12N2O4. The first kappa shape index (κ1) is 12.8. The normalized spacial score (nSPS) is 11.4. The summed E-state index contributed by atoms with van der Waals surface area (Å²) in [6.45, 7) is 0. The van der Waals surface area contributed by atoms with Gasteiger partial charge in [-0.05, 0) is 12.1 Å². The van der Waals surface area contributed by atoms with E-state index in [0.717, 1.165) is 0 Å². The van der Waals surface area contributed by atoms with E-state index in [-0.39, 0.29) is 22.6 Å². The van der Waals surface area contributed by atoms with Crippen molar-refractivity contribution in [3.8, 4) is 17.6 Å². The second kappa shape index (κ2) is 5.18. The zero-order valence-electron chi connectivity index (χ0n) is 9.43. The molecule has 0 bridgehead atoms. The van der Waals surface area contributed by atoms with Crippen molar-refractivity contribution in [1.29, 1.82) is 5.26 Å². The number of hydrogen-bond donors (Lipinski definition) is 2. The Balaban J connectivity index is 3.38. The van der Waals surface area contributed by atoms with Crippen LogP contribution in [0, 0.1) is 11.3 Å². The molecule has 1 atom stereocenters. The van der Waals surface area contributed by atoms with Gasteiger partial charge in [0.15, 0.2) is 11.5 Å². The third kappa shape index (κ3) is 2.29. The summed E-state index contributed by atoms with van der Waals surface area (Å²) < 4.78 is 9.35. The standard InChI is InChI=1S/C11H12N2O4/c1-16-7-4-3-6(5-12)8(10(7)14)9(13)11(15)17-2/h3-4,9,14H,13H2,1-2H3/t9-/m1/s1. The van der Waals surface area contributed by atoms with Gasteiger partial charge in [-0.2, -0.15) is 5.26 Å². The first-order chi connectivity index (χ1) is 8.06. The van der Waals surface area contributed by atoms with Gasteiger partial charge in [0.1, 0.15) is 6.04 Å². The summed E-state index contributed by atoms with van der Waals surface area (Å²) in [7, 11) is 2.53. The van der Waals surface area contributed by atoms with Crippen LogP contribution in [0.1, 0.15) is 17.2 Å². The Morgan fingerprint density at radius 3 is 2.65 bits per heavy atom. The maximum absolute atomic E-state index is 11.3. The van der Waals surface area contributed by atoms with E-state index in [9.17, 15) is 9.90 Å². The fourth-order valence-electron chi connectivity index (χ4n) is 1.41. The fourth-order valence-corrected chi connectivity index (χ4v) is 1.41. The summed E-state index contributed by atoms with van der Waals surface area (Å²) in [6, 6.07) is 3.44. The molecule has 0 aliphatic carbocycles. The number of rotatable bonds is 3. The summed E-state index contributed by atoms with van der Waals surface area (Å²) in [5, 5.41) is 18.8. The molecule has 17 heavy (non-hydrogen) atoms. The minimum atomic E-state index is -1.23. The number of phenols is 1. The Hall–Kier alpha value is -2.26. The van der Waals surface area contributed by atoms with Crippen molar-refractivity contribution >= 4 is 5.97 Å². The lowest BCUT2D eigenvalue weighted by Gasteiger charge is -2.15. The Morgan fingerprint density at radius 2 is 2.18 bits per heavy atom. The quantitative estimate of drug-likeness (QED) is 0.738. The molecule has 0 amide bonds. The van der Waals surface area contributed by atoms with Gasteiger partial charge in [0.25, 0.3) is 0 Å². The molecule has 0 aromatic heterocycles. The van der Waals surface area contributed by atoms with Crippen molar-refractivity contribution < 1.29 is 19.4 Å². The highest BCUT2D eigenvalue weighted by Gasteiger charge is 2.25. The lowest BCUT2D eigenvalue weighted by molar-refractivity contribution is -0.142. The maximum Gasteiger partial charge on any atom is 0.327 e. The zero-order chi connectivity index (χ0) is 13.0. The molecule has 6 nitrogen and oxygen atoms in total. The van der Waals surface area contributed by atoms with E-state index in [2.05, 4.69) is 4.74 Å². The minimum absolute atomic E-state index is 0.00120. The SMILES string of the molecule is COC(=O)[C@H](N)c1c(C#N)ccc(OC)c1O. The number of benzene rings is 1. The third-order valence-electron chi connectivity index (χ3n) is 2.29. The molecule has 90 valence electrons. The van der Waals surface area contributed by atoms with Gasteiger partial charge in [0.2, 0.25) is 0 Å². The van der Waals surface area contributed by atoms with E-state index in [0.29, 0.717) is 0 Å². The summed E-state index contributed by atoms with van der Waals surface area (Å²) in [5.74, 6) is -0.937. The highest BCUT2D eigenvalue weighted by atomic mass is 16.5. The first-order valence-corrected chi connectivity index (χ1v) is 4.70. The molecule has 1 aromatic rings. The molecule has 0 saturated heterocycles. The number of nitriles is 1. The smallest absolute Gasteiger partial charge is 0.327 e. The number of nitrogens with zero attached hydrogens (tertiary/aromatic N) is 1. The second-order valence-corrected chi connectivity index (χ2v) is 3.19. The van der Waals surface area contributed by atoms with E-state index < -0.39 is 12.0 Å². The topological polar surface area (TPSA) is 106 Å². The Bertz CT molecular complexity index is 479. The molecule has 0 saturated carbocycles. The van der Waals surface area contributed by atoms with Crippen LogP contribution in [0.25, 0.3) is 0 Å². The summed E-state index contributed by atoms with van der Waals surface area (Å²) in [5.41, 5.74) is 5.71. The number of esters is 1. The number of hydrogen-bond acceptors (Lipinski definition) is 6. The molecule has 0 unspecified atom stereocenters. The minimum Gasteiger partial charge on any atom is -0.504 e. The first-order valence-electron chi connectivity index (χ1n) is 4.70. The van der Waals surface area contributed by atoms with Crippen molar-refractivity contribution in [1.82, 2.24) is 0 Å². The van der Waals surface area contributed by atoms with Gasteiger partial charge in [-0.1, -0.05) is 0 Å². The van der Waals surface area contributed by atoms with Crippen LogP contribution in [-0.4, -0.2) is 25.3 Å². The van der Waals surface area contributed by atoms with Crippen LogP contribution in [0.15, 0.2) is 12.1 Å². The number of carbonyl (C=O) groups excluding carboxylic acids is 1. The van der Waals surface area contributed by atoms with Gasteiger partial charge in [-0.15, -0.1) is 0 Å². The lowest BCUT2D eigenvalue weighted by atomic mass is 10.00. The number of carbonyl (C=O) groups is 1. The Morgan fingerprint density at radius 1 is 1.53 bits per heavy atom. The third-order valence-corrected chi connectivity index (χ3v) is 2.29. The summed E-state index contributed by atoms with van der Waals surface area (Å²) in [6.07, 6.45) is 0. The predicted molar refractivity (Wildman–Crippen MR) is 58.3 cm³/mol. The largest absolute Gasteiger partial charge is 0.504 e. The monoisotopic (exact) mass is 236 g/mol. The summed E-state index contributed by atoms with van der Waals surface area (Å²) >= 11 is 0. The van der Waals surface area contributed by atoms with E-state index in [1.54, 1.807) is 0 Å². The van der Waals surface area contributed by atoms with E-state index in [4.69, 9.17) is 15.7 Å². The average Bonchev–Trinajstić information content (AvgIpc) is 2.36. The Kier molecular flexibility index (Phi) is 3.91. The predicted octanol–water partition coefficient (Wildman–Crippen LogP) is 0.445. The van der Waals surface area contributed by atoms with E-state index >= 15 is 0 Å². The molecule has 0 radical (unpaired) electrons. The van der Waals surface area contributed by atoms with Crippen molar-refractivity contribution in [2.45, 2.75) is 6.04 Å². The van der Waals surface area contributed by atoms with Crippen LogP contribution in [0.3, 0.4) is 0 Å². The number of ether oxygens (including phenoxy) is 2. The fraction of sp³-hybridized carbons (Fsp3) is 0.273. The molecule has 0 fully saturated rings. The van der Waals surface area contributed by atoms with Crippen LogP contribution in [0.2, 0.25) is 0 Å². The zero-order valence-corrected chi connectivity index (χ0v) is 9.43. The second-order valence-electron chi connectivity index (χ2n) is 3.19. The van der Waals surface area contributed by atoms with Crippen molar-refractivity contribution in [2.75, 3.05) is 14.2 Å². The van der Waals surface area contributed by atoms with Crippen molar-refractivity contribution in [3.63, 3.8) is 0 Å². The molecule has 3 N–H and O–H groups in total. The molecule has 0 aliphatic heterocycles. The van der Waals surface area contributed by atoms with Crippen LogP contribution in [0.4, 0.5) is 0 Å². The average molecular weight is 236 g/mol. The highest BCUT2D eigenvalue weighted by Crippen LogP contribution is 2.35. The van der Waals surface area contributed by atoms with Crippen molar-refractivity contribution in [3.05, 3.63) is 23.3 Å². The van der Waals surface area contributed by atoms with Gasteiger partial charge in [0.05, 0.1) is 25.9 Å². The number of nitrogens with two attached hydrogens (primary N) is 1. The highest BCUT2D eigenvalue weighted by molar-refractivity contribution is 5.80. The number of phenolic OH excluding ortho intramolecular Hbond substituents is 1.